The van der Waals surface area contributed by atoms with E-state index >= 15 is 0 Å². The number of rotatable bonds is 6. The molecule has 6 nitrogen and oxygen atoms in total. The standard InChI is InChI=1S/C24H30N2O4/c1-5-29-16-13-24(17-25-14-15-26(24)22(28)30-23(2,3)4)21(27)20-12-8-10-18-9-6-7-11-19(18)20/h5-12,25H,1,13-17H2,2-4H3/t24-/m0/s1. The highest BCUT2D eigenvalue weighted by Crippen LogP contribution is 2.31. The molecule has 1 fully saturated rings. The summed E-state index contributed by atoms with van der Waals surface area (Å²) in [6, 6.07) is 13.4. The van der Waals surface area contributed by atoms with E-state index in [9.17, 15) is 9.59 Å². The van der Waals surface area contributed by atoms with Gasteiger partial charge >= 0.3 is 6.09 Å². The summed E-state index contributed by atoms with van der Waals surface area (Å²) >= 11 is 0. The fourth-order valence-corrected chi connectivity index (χ4v) is 3.90. The van der Waals surface area contributed by atoms with Crippen LogP contribution in [0.25, 0.3) is 10.8 Å². The van der Waals surface area contributed by atoms with Crippen molar-refractivity contribution < 1.29 is 19.1 Å². The molecule has 1 aliphatic heterocycles. The number of piperazine rings is 1. The van der Waals surface area contributed by atoms with E-state index in [0.29, 0.717) is 31.6 Å². The van der Waals surface area contributed by atoms with Crippen molar-refractivity contribution in [1.82, 2.24) is 10.2 Å². The monoisotopic (exact) mass is 410 g/mol. The highest BCUT2D eigenvalue weighted by atomic mass is 16.6. The third kappa shape index (κ3) is 4.49. The molecule has 6 heteroatoms. The molecule has 0 aliphatic carbocycles. The first-order valence-electron chi connectivity index (χ1n) is 10.2. The van der Waals surface area contributed by atoms with Crippen molar-refractivity contribution in [2.24, 2.45) is 0 Å². The van der Waals surface area contributed by atoms with E-state index in [2.05, 4.69) is 11.9 Å². The lowest BCUT2D eigenvalue weighted by Gasteiger charge is -2.46. The summed E-state index contributed by atoms with van der Waals surface area (Å²) in [5, 5.41) is 5.14. The molecule has 1 aliphatic rings. The lowest BCUT2D eigenvalue weighted by Crippen LogP contribution is -2.67. The lowest BCUT2D eigenvalue weighted by molar-refractivity contribution is -0.0128. The van der Waals surface area contributed by atoms with Crippen LogP contribution in [0.2, 0.25) is 0 Å². The molecule has 0 saturated carbocycles. The summed E-state index contributed by atoms with van der Waals surface area (Å²) in [6.45, 7) is 10.6. The first kappa shape index (κ1) is 21.8. The number of nitrogens with one attached hydrogen (secondary N) is 1. The predicted molar refractivity (Wildman–Crippen MR) is 118 cm³/mol. The molecule has 0 unspecified atom stereocenters. The number of ether oxygens (including phenoxy) is 2. The normalized spacial score (nSPS) is 19.4. The molecule has 1 heterocycles. The van der Waals surface area contributed by atoms with Gasteiger partial charge in [0.15, 0.2) is 5.78 Å². The summed E-state index contributed by atoms with van der Waals surface area (Å²) in [7, 11) is 0. The molecule has 0 aromatic heterocycles. The number of Topliss-reactive ketones (excluding diaryl/α,β-unsaturated/α-hetero) is 1. The van der Waals surface area contributed by atoms with E-state index in [1.54, 1.807) is 4.90 Å². The minimum Gasteiger partial charge on any atom is -0.502 e. The molecular formula is C24H30N2O4. The first-order chi connectivity index (χ1) is 14.3. The molecule has 0 spiro atoms. The van der Waals surface area contributed by atoms with Gasteiger partial charge in [-0.25, -0.2) is 4.79 Å². The first-order valence-corrected chi connectivity index (χ1v) is 10.2. The van der Waals surface area contributed by atoms with Crippen LogP contribution in [0.5, 0.6) is 0 Å². The Kier molecular flexibility index (Phi) is 6.46. The van der Waals surface area contributed by atoms with E-state index in [1.165, 1.54) is 6.26 Å². The Bertz CT molecular complexity index is 929. The molecule has 2 aromatic rings. The molecule has 1 atom stereocenters. The Morgan fingerprint density at radius 1 is 1.20 bits per heavy atom. The zero-order valence-electron chi connectivity index (χ0n) is 17.9. The number of amides is 1. The number of fused-ring (bicyclic) bond motifs is 1. The second-order valence-corrected chi connectivity index (χ2v) is 8.48. The van der Waals surface area contributed by atoms with Crippen LogP contribution in [-0.4, -0.2) is 54.2 Å². The van der Waals surface area contributed by atoms with Gasteiger partial charge in [-0.05, 0) is 31.5 Å². The minimum absolute atomic E-state index is 0.120. The highest BCUT2D eigenvalue weighted by Gasteiger charge is 2.49. The summed E-state index contributed by atoms with van der Waals surface area (Å²) in [5.74, 6) is -0.120. The Morgan fingerprint density at radius 3 is 2.67 bits per heavy atom. The predicted octanol–water partition coefficient (Wildman–Crippen LogP) is 4.15. The number of hydrogen-bond acceptors (Lipinski definition) is 5. The third-order valence-electron chi connectivity index (χ3n) is 5.27. The van der Waals surface area contributed by atoms with Gasteiger partial charge in [0.1, 0.15) is 11.1 Å². The molecule has 1 N–H and O–H groups in total. The summed E-state index contributed by atoms with van der Waals surface area (Å²) in [5.41, 5.74) is -1.19. The number of carbonyl (C=O) groups excluding carboxylic acids is 2. The summed E-state index contributed by atoms with van der Waals surface area (Å²) in [4.78, 5) is 28.7. The largest absolute Gasteiger partial charge is 0.502 e. The Balaban J connectivity index is 2.07. The average molecular weight is 411 g/mol. The number of hydrogen-bond donors (Lipinski definition) is 1. The molecule has 3 rings (SSSR count). The molecule has 30 heavy (non-hydrogen) atoms. The maximum atomic E-state index is 14.0. The lowest BCUT2D eigenvalue weighted by atomic mass is 9.81. The fourth-order valence-electron chi connectivity index (χ4n) is 3.90. The SMILES string of the molecule is C=COCC[C@@]1(C(=O)c2cccc3ccccc23)CNCCN1C(=O)OC(C)(C)C. The zero-order valence-corrected chi connectivity index (χ0v) is 17.9. The van der Waals surface area contributed by atoms with E-state index in [1.807, 2.05) is 63.2 Å². The van der Waals surface area contributed by atoms with E-state index in [-0.39, 0.29) is 12.4 Å². The van der Waals surface area contributed by atoms with E-state index < -0.39 is 17.2 Å². The van der Waals surface area contributed by atoms with Gasteiger partial charge in [0.05, 0.1) is 12.9 Å². The fraction of sp³-hybridized carbons (Fsp3) is 0.417. The summed E-state index contributed by atoms with van der Waals surface area (Å²) in [6.07, 6.45) is 1.19. The zero-order chi connectivity index (χ0) is 21.8. The maximum absolute atomic E-state index is 14.0. The van der Waals surface area contributed by atoms with Crippen LogP contribution in [-0.2, 0) is 9.47 Å². The molecule has 1 saturated heterocycles. The average Bonchev–Trinajstić information content (AvgIpc) is 2.72. The van der Waals surface area contributed by atoms with Crippen LogP contribution in [0.3, 0.4) is 0 Å². The second kappa shape index (κ2) is 8.88. The van der Waals surface area contributed by atoms with E-state index in [4.69, 9.17) is 9.47 Å². The number of benzene rings is 2. The van der Waals surface area contributed by atoms with Crippen molar-refractivity contribution in [3.8, 4) is 0 Å². The van der Waals surface area contributed by atoms with Crippen molar-refractivity contribution >= 4 is 22.6 Å². The topological polar surface area (TPSA) is 67.9 Å². The van der Waals surface area contributed by atoms with Crippen LogP contribution in [0.4, 0.5) is 4.79 Å². The second-order valence-electron chi connectivity index (χ2n) is 8.48. The van der Waals surface area contributed by atoms with Gasteiger partial charge in [-0.3, -0.25) is 9.69 Å². The Hall–Kier alpha value is -2.86. The van der Waals surface area contributed by atoms with Crippen LogP contribution < -0.4 is 5.32 Å². The van der Waals surface area contributed by atoms with Crippen molar-refractivity contribution in [3.63, 3.8) is 0 Å². The van der Waals surface area contributed by atoms with Crippen LogP contribution in [0.1, 0.15) is 37.6 Å². The Labute approximate surface area is 177 Å². The van der Waals surface area contributed by atoms with Crippen molar-refractivity contribution in [2.45, 2.75) is 38.3 Å². The third-order valence-corrected chi connectivity index (χ3v) is 5.27. The number of ketones is 1. The van der Waals surface area contributed by atoms with Gasteiger partial charge in [-0.1, -0.05) is 49.0 Å². The van der Waals surface area contributed by atoms with Gasteiger partial charge in [-0.15, -0.1) is 0 Å². The van der Waals surface area contributed by atoms with Crippen molar-refractivity contribution in [2.75, 3.05) is 26.2 Å². The van der Waals surface area contributed by atoms with Gasteiger partial charge in [0.2, 0.25) is 0 Å². The molecule has 2 aromatic carbocycles. The van der Waals surface area contributed by atoms with Crippen LogP contribution in [0.15, 0.2) is 55.3 Å². The van der Waals surface area contributed by atoms with Gasteiger partial charge in [0, 0.05) is 31.6 Å². The van der Waals surface area contributed by atoms with E-state index in [0.717, 1.165) is 10.8 Å². The van der Waals surface area contributed by atoms with Crippen molar-refractivity contribution in [3.05, 3.63) is 60.9 Å². The van der Waals surface area contributed by atoms with Gasteiger partial charge in [-0.2, -0.15) is 0 Å². The smallest absolute Gasteiger partial charge is 0.411 e. The molecule has 160 valence electrons. The minimum atomic E-state index is -1.12. The molecule has 1 amide bonds. The highest BCUT2D eigenvalue weighted by molar-refractivity contribution is 6.13. The van der Waals surface area contributed by atoms with Gasteiger partial charge < -0.3 is 14.8 Å². The molecule has 0 radical (unpaired) electrons. The van der Waals surface area contributed by atoms with Gasteiger partial charge in [0.25, 0.3) is 0 Å². The van der Waals surface area contributed by atoms with Crippen LogP contribution >= 0.6 is 0 Å². The van der Waals surface area contributed by atoms with Crippen LogP contribution in [0, 0.1) is 0 Å². The number of nitrogens with zero attached hydrogens (tertiary/aromatic N) is 1. The quantitative estimate of drug-likeness (QED) is 0.440. The maximum Gasteiger partial charge on any atom is 0.411 e. The molecule has 0 bridgehead atoms. The molecular weight excluding hydrogens is 380 g/mol. The Morgan fingerprint density at radius 2 is 1.93 bits per heavy atom. The number of carbonyl (C=O) groups is 2. The summed E-state index contributed by atoms with van der Waals surface area (Å²) < 4.78 is 11.0. The van der Waals surface area contributed by atoms with Crippen molar-refractivity contribution in [1.29, 1.82) is 0 Å².